The third kappa shape index (κ3) is 2.27. The van der Waals surface area contributed by atoms with E-state index in [1.807, 2.05) is 26.0 Å². The van der Waals surface area contributed by atoms with Crippen LogP contribution in [0.2, 0.25) is 0 Å². The summed E-state index contributed by atoms with van der Waals surface area (Å²) in [6.45, 7) is 7.32. The second-order valence-corrected chi connectivity index (χ2v) is 6.79. The summed E-state index contributed by atoms with van der Waals surface area (Å²) in [7, 11) is 0. The molecule has 0 unspecified atom stereocenters. The molecular formula is C16H21N5O4. The molecule has 0 aromatic carbocycles. The second-order valence-electron chi connectivity index (χ2n) is 6.79. The van der Waals surface area contributed by atoms with Crippen LogP contribution in [0.4, 0.5) is 5.82 Å². The SMILES string of the molecule is C=NC[C@@]1(c2ccc3c(N)ncnn23)O[C@H](CO)[C@H]2OC(C)(C)O[C@H]21. The molecule has 9 nitrogen and oxygen atoms in total. The summed E-state index contributed by atoms with van der Waals surface area (Å²) in [6, 6.07) is 3.68. The van der Waals surface area contributed by atoms with Gasteiger partial charge in [-0.2, -0.15) is 5.10 Å². The molecule has 2 fully saturated rings. The lowest BCUT2D eigenvalue weighted by Gasteiger charge is -2.33. The van der Waals surface area contributed by atoms with Crippen molar-refractivity contribution in [2.75, 3.05) is 18.9 Å². The first-order valence-corrected chi connectivity index (χ1v) is 8.07. The molecule has 4 heterocycles. The molecule has 134 valence electrons. The highest BCUT2D eigenvalue weighted by atomic mass is 16.8. The standard InChI is InChI=1S/C16H21N5O4/c1-15(2)24-12-10(6-22)23-16(7-18-3,13(12)25-15)11-5-4-9-14(17)19-8-20-21(9)11/h4-5,8,10,12-13,22H,3,6-7H2,1-2H3,(H2,17,19,20)/t10-,12-,13-,16+/m1/s1. The fourth-order valence-electron chi connectivity index (χ4n) is 3.82. The first-order valence-electron chi connectivity index (χ1n) is 8.07. The van der Waals surface area contributed by atoms with E-state index in [-0.39, 0.29) is 13.2 Å². The number of anilines is 1. The highest BCUT2D eigenvalue weighted by molar-refractivity contribution is 5.65. The summed E-state index contributed by atoms with van der Waals surface area (Å²) in [5, 5.41) is 14.1. The smallest absolute Gasteiger partial charge is 0.164 e. The van der Waals surface area contributed by atoms with E-state index >= 15 is 0 Å². The average molecular weight is 347 g/mol. The minimum atomic E-state index is -0.999. The summed E-state index contributed by atoms with van der Waals surface area (Å²) in [5.74, 6) is -0.430. The van der Waals surface area contributed by atoms with Crippen molar-refractivity contribution in [3.05, 3.63) is 24.2 Å². The van der Waals surface area contributed by atoms with Gasteiger partial charge in [-0.1, -0.05) is 0 Å². The Morgan fingerprint density at radius 3 is 2.88 bits per heavy atom. The van der Waals surface area contributed by atoms with E-state index in [0.29, 0.717) is 17.0 Å². The number of hydrogen-bond donors (Lipinski definition) is 2. The highest BCUT2D eigenvalue weighted by Crippen LogP contribution is 2.49. The monoisotopic (exact) mass is 347 g/mol. The van der Waals surface area contributed by atoms with Crippen LogP contribution in [0.5, 0.6) is 0 Å². The minimum Gasteiger partial charge on any atom is -0.394 e. The molecule has 3 N–H and O–H groups in total. The molecular weight excluding hydrogens is 326 g/mol. The predicted octanol–water partition coefficient (Wildman–Crippen LogP) is 0.119. The minimum absolute atomic E-state index is 0.195. The Bertz CT molecular complexity index is 822. The van der Waals surface area contributed by atoms with Crippen molar-refractivity contribution in [1.29, 1.82) is 0 Å². The number of nitrogen functional groups attached to an aromatic ring is 1. The number of rotatable bonds is 4. The number of aromatic nitrogens is 3. The van der Waals surface area contributed by atoms with Gasteiger partial charge in [-0.25, -0.2) is 9.50 Å². The van der Waals surface area contributed by atoms with Gasteiger partial charge in [-0.3, -0.25) is 4.99 Å². The quantitative estimate of drug-likeness (QED) is 0.754. The Morgan fingerprint density at radius 2 is 2.16 bits per heavy atom. The van der Waals surface area contributed by atoms with Crippen molar-refractivity contribution >= 4 is 18.1 Å². The summed E-state index contributed by atoms with van der Waals surface area (Å²) in [5.41, 5.74) is 6.31. The van der Waals surface area contributed by atoms with Crippen LogP contribution < -0.4 is 5.73 Å². The van der Waals surface area contributed by atoms with Gasteiger partial charge in [0.2, 0.25) is 0 Å². The van der Waals surface area contributed by atoms with Gasteiger partial charge < -0.3 is 25.1 Å². The number of nitrogens with two attached hydrogens (primary N) is 1. The van der Waals surface area contributed by atoms with E-state index in [0.717, 1.165) is 0 Å². The maximum Gasteiger partial charge on any atom is 0.164 e. The fourth-order valence-corrected chi connectivity index (χ4v) is 3.82. The predicted molar refractivity (Wildman–Crippen MR) is 89.3 cm³/mol. The lowest BCUT2D eigenvalue weighted by atomic mass is 9.91. The lowest BCUT2D eigenvalue weighted by molar-refractivity contribution is -0.214. The van der Waals surface area contributed by atoms with Gasteiger partial charge >= 0.3 is 0 Å². The molecule has 0 amide bonds. The zero-order valence-corrected chi connectivity index (χ0v) is 14.1. The van der Waals surface area contributed by atoms with E-state index < -0.39 is 29.7 Å². The van der Waals surface area contributed by atoms with E-state index in [2.05, 4.69) is 21.8 Å². The Labute approximate surface area is 144 Å². The van der Waals surface area contributed by atoms with Gasteiger partial charge in [0, 0.05) is 0 Å². The first-order chi connectivity index (χ1) is 11.9. The molecule has 0 radical (unpaired) electrons. The maximum atomic E-state index is 9.78. The maximum absolute atomic E-state index is 9.78. The van der Waals surface area contributed by atoms with Gasteiger partial charge in [0.1, 0.15) is 30.2 Å². The van der Waals surface area contributed by atoms with Crippen molar-refractivity contribution in [2.45, 2.75) is 43.5 Å². The Hall–Kier alpha value is -2.07. The van der Waals surface area contributed by atoms with Crippen LogP contribution in [-0.4, -0.2) is 63.7 Å². The summed E-state index contributed by atoms with van der Waals surface area (Å²) in [6.07, 6.45) is -0.0589. The zero-order chi connectivity index (χ0) is 17.8. The number of fused-ring (bicyclic) bond motifs is 2. The molecule has 0 bridgehead atoms. The number of nitrogens with zero attached hydrogens (tertiary/aromatic N) is 4. The number of hydrogen-bond acceptors (Lipinski definition) is 8. The molecule has 25 heavy (non-hydrogen) atoms. The van der Waals surface area contributed by atoms with Gasteiger partial charge in [0.25, 0.3) is 0 Å². The molecule has 2 aromatic heterocycles. The third-order valence-corrected chi connectivity index (χ3v) is 4.76. The highest BCUT2D eigenvalue weighted by Gasteiger charge is 2.64. The number of aliphatic hydroxyl groups excluding tert-OH is 1. The van der Waals surface area contributed by atoms with E-state index in [9.17, 15) is 5.11 Å². The normalized spacial score (nSPS) is 33.6. The van der Waals surface area contributed by atoms with Crippen LogP contribution in [0.3, 0.4) is 0 Å². The largest absolute Gasteiger partial charge is 0.394 e. The van der Waals surface area contributed by atoms with Gasteiger partial charge in [0.05, 0.1) is 18.8 Å². The van der Waals surface area contributed by atoms with Crippen molar-refractivity contribution < 1.29 is 19.3 Å². The van der Waals surface area contributed by atoms with Crippen molar-refractivity contribution in [3.63, 3.8) is 0 Å². The van der Waals surface area contributed by atoms with Crippen LogP contribution in [0.15, 0.2) is 23.5 Å². The molecule has 2 aliphatic heterocycles. The van der Waals surface area contributed by atoms with Crippen molar-refractivity contribution in [3.8, 4) is 0 Å². The molecule has 9 heteroatoms. The van der Waals surface area contributed by atoms with Gasteiger partial charge in [0.15, 0.2) is 17.2 Å². The number of ether oxygens (including phenoxy) is 3. The molecule has 2 aliphatic rings. The molecule has 2 saturated heterocycles. The summed E-state index contributed by atoms with van der Waals surface area (Å²) in [4.78, 5) is 8.08. The van der Waals surface area contributed by atoms with Crippen LogP contribution in [-0.2, 0) is 19.8 Å². The van der Waals surface area contributed by atoms with Crippen molar-refractivity contribution in [2.24, 2.45) is 4.99 Å². The van der Waals surface area contributed by atoms with Crippen LogP contribution in [0, 0.1) is 0 Å². The summed E-state index contributed by atoms with van der Waals surface area (Å²) < 4.78 is 20.0. The molecule has 0 saturated carbocycles. The van der Waals surface area contributed by atoms with E-state index in [1.54, 1.807) is 4.52 Å². The Kier molecular flexibility index (Phi) is 3.58. The van der Waals surface area contributed by atoms with Crippen LogP contribution >= 0.6 is 0 Å². The fraction of sp³-hybridized carbons (Fsp3) is 0.562. The molecule has 4 atom stereocenters. The lowest BCUT2D eigenvalue weighted by Crippen LogP contribution is -2.44. The number of aliphatic hydroxyl groups is 1. The van der Waals surface area contributed by atoms with E-state index in [4.69, 9.17) is 19.9 Å². The second kappa shape index (κ2) is 5.46. The molecule has 2 aromatic rings. The topological polar surface area (TPSA) is 116 Å². The first kappa shape index (κ1) is 16.4. The third-order valence-electron chi connectivity index (χ3n) is 4.76. The van der Waals surface area contributed by atoms with Crippen LogP contribution in [0.25, 0.3) is 5.52 Å². The van der Waals surface area contributed by atoms with Crippen molar-refractivity contribution in [1.82, 2.24) is 14.6 Å². The number of aliphatic imine (C=N–C) groups is 1. The van der Waals surface area contributed by atoms with Crippen LogP contribution in [0.1, 0.15) is 19.5 Å². The zero-order valence-electron chi connectivity index (χ0n) is 14.1. The Morgan fingerprint density at radius 1 is 1.36 bits per heavy atom. The average Bonchev–Trinajstić information content (AvgIpc) is 3.20. The van der Waals surface area contributed by atoms with E-state index in [1.165, 1.54) is 6.33 Å². The molecule has 0 spiro atoms. The van der Waals surface area contributed by atoms with Gasteiger partial charge in [-0.15, -0.1) is 0 Å². The molecule has 4 rings (SSSR count). The molecule has 0 aliphatic carbocycles. The van der Waals surface area contributed by atoms with Gasteiger partial charge in [-0.05, 0) is 32.7 Å². The Balaban J connectivity index is 1.90. The summed E-state index contributed by atoms with van der Waals surface area (Å²) >= 11 is 0.